The zero-order valence-electron chi connectivity index (χ0n) is 16.9. The summed E-state index contributed by atoms with van der Waals surface area (Å²) in [6.07, 6.45) is 1.62. The van der Waals surface area contributed by atoms with E-state index in [0.29, 0.717) is 15.7 Å². The van der Waals surface area contributed by atoms with E-state index < -0.39 is 21.2 Å². The van der Waals surface area contributed by atoms with E-state index in [4.69, 9.17) is 14.2 Å². The molecule has 32 heavy (non-hydrogen) atoms. The minimum atomic E-state index is -0.751. The molecule has 0 bridgehead atoms. The van der Waals surface area contributed by atoms with E-state index in [1.54, 1.807) is 49.7 Å². The van der Waals surface area contributed by atoms with Crippen LogP contribution in [0.1, 0.15) is 5.56 Å². The molecule has 0 aliphatic rings. The number of nitro groups is 2. The summed E-state index contributed by atoms with van der Waals surface area (Å²) in [5.41, 5.74) is 0.427. The van der Waals surface area contributed by atoms with E-state index in [2.05, 4.69) is 20.9 Å². The van der Waals surface area contributed by atoms with Gasteiger partial charge in [-0.1, -0.05) is 0 Å². The molecule has 0 aromatic heterocycles. The summed E-state index contributed by atoms with van der Waals surface area (Å²) in [6.45, 7) is 0. The predicted molar refractivity (Wildman–Crippen MR) is 121 cm³/mol. The lowest BCUT2D eigenvalue weighted by molar-refractivity contribution is -0.394. The first kappa shape index (κ1) is 22.7. The van der Waals surface area contributed by atoms with Crippen LogP contribution in [0.2, 0.25) is 0 Å². The molecular weight excluding hydrogens is 486 g/mol. The molecule has 10 nitrogen and oxygen atoms in total. The molecule has 0 fully saturated rings. The second-order valence-corrected chi connectivity index (χ2v) is 7.11. The lowest BCUT2D eigenvalue weighted by atomic mass is 10.2. The van der Waals surface area contributed by atoms with Crippen LogP contribution >= 0.6 is 15.9 Å². The van der Waals surface area contributed by atoms with Gasteiger partial charge in [-0.25, -0.2) is 0 Å². The minimum Gasteiger partial charge on any atom is -0.497 e. The fourth-order valence-corrected chi connectivity index (χ4v) is 3.23. The number of rotatable bonds is 8. The smallest absolute Gasteiger partial charge is 0.318 e. The van der Waals surface area contributed by atoms with Crippen LogP contribution in [0.4, 0.5) is 17.1 Å². The SMILES string of the molecule is COc1ccc(N=Cc2cc(Br)c(Oc3ccc([N+](=O)[O-])cc3[N+](=O)[O-])c(OC)c2)cc1. The van der Waals surface area contributed by atoms with E-state index in [1.165, 1.54) is 13.2 Å². The van der Waals surface area contributed by atoms with Crippen LogP contribution in [0.25, 0.3) is 0 Å². The Balaban J connectivity index is 1.92. The highest BCUT2D eigenvalue weighted by molar-refractivity contribution is 9.10. The molecule has 0 unspecified atom stereocenters. The number of methoxy groups -OCH3 is 2. The number of halogens is 1. The number of nitro benzene ring substituents is 2. The van der Waals surface area contributed by atoms with Crippen molar-refractivity contribution >= 4 is 39.2 Å². The van der Waals surface area contributed by atoms with Crippen molar-refractivity contribution in [3.8, 4) is 23.0 Å². The zero-order chi connectivity index (χ0) is 23.3. The van der Waals surface area contributed by atoms with Crippen LogP contribution in [0, 0.1) is 20.2 Å². The molecule has 0 aliphatic heterocycles. The number of ether oxygens (including phenoxy) is 3. The third-order valence-corrected chi connectivity index (χ3v) is 4.84. The molecule has 11 heteroatoms. The van der Waals surface area contributed by atoms with E-state index in [9.17, 15) is 20.2 Å². The van der Waals surface area contributed by atoms with E-state index in [1.807, 2.05) is 0 Å². The second kappa shape index (κ2) is 9.88. The van der Waals surface area contributed by atoms with Crippen LogP contribution in [-0.4, -0.2) is 30.3 Å². The van der Waals surface area contributed by atoms with Gasteiger partial charge in [0, 0.05) is 12.3 Å². The van der Waals surface area contributed by atoms with E-state index >= 15 is 0 Å². The Morgan fingerprint density at radius 2 is 1.62 bits per heavy atom. The molecular formula is C21H16BrN3O7. The first-order valence-electron chi connectivity index (χ1n) is 8.98. The maximum atomic E-state index is 11.4. The lowest BCUT2D eigenvalue weighted by Crippen LogP contribution is -1.98. The number of benzene rings is 3. The van der Waals surface area contributed by atoms with Crippen LogP contribution in [0.5, 0.6) is 23.0 Å². The van der Waals surface area contributed by atoms with Gasteiger partial charge in [0.15, 0.2) is 11.5 Å². The third-order valence-electron chi connectivity index (χ3n) is 4.25. The average Bonchev–Trinajstić information content (AvgIpc) is 2.79. The molecule has 0 saturated carbocycles. The Morgan fingerprint density at radius 1 is 0.906 bits per heavy atom. The van der Waals surface area contributed by atoms with E-state index in [0.717, 1.165) is 17.9 Å². The van der Waals surface area contributed by atoms with Gasteiger partial charge in [0.2, 0.25) is 5.75 Å². The molecule has 0 atom stereocenters. The van der Waals surface area contributed by atoms with Crippen molar-refractivity contribution in [3.05, 3.63) is 84.9 Å². The number of hydrogen-bond acceptors (Lipinski definition) is 8. The Morgan fingerprint density at radius 3 is 2.22 bits per heavy atom. The normalized spacial score (nSPS) is 10.7. The molecule has 0 N–H and O–H groups in total. The largest absolute Gasteiger partial charge is 0.497 e. The van der Waals surface area contributed by atoms with Crippen molar-refractivity contribution in [2.45, 2.75) is 0 Å². The summed E-state index contributed by atoms with van der Waals surface area (Å²) in [5.74, 6) is 1.00. The third kappa shape index (κ3) is 5.19. The molecule has 0 amide bonds. The highest BCUT2D eigenvalue weighted by Gasteiger charge is 2.23. The number of nitrogens with zero attached hydrogens (tertiary/aromatic N) is 3. The molecule has 3 aromatic carbocycles. The van der Waals surface area contributed by atoms with Gasteiger partial charge in [0.05, 0.1) is 40.3 Å². The van der Waals surface area contributed by atoms with Crippen molar-refractivity contribution in [1.29, 1.82) is 0 Å². The van der Waals surface area contributed by atoms with E-state index in [-0.39, 0.29) is 17.2 Å². The van der Waals surface area contributed by atoms with Crippen molar-refractivity contribution in [1.82, 2.24) is 0 Å². The van der Waals surface area contributed by atoms with Gasteiger partial charge in [-0.15, -0.1) is 0 Å². The molecule has 164 valence electrons. The summed E-state index contributed by atoms with van der Waals surface area (Å²) in [5, 5.41) is 22.3. The highest BCUT2D eigenvalue weighted by Crippen LogP contribution is 2.42. The first-order valence-corrected chi connectivity index (χ1v) is 9.78. The van der Waals surface area contributed by atoms with Gasteiger partial charge < -0.3 is 14.2 Å². The van der Waals surface area contributed by atoms with Crippen LogP contribution in [0.3, 0.4) is 0 Å². The van der Waals surface area contributed by atoms with Gasteiger partial charge >= 0.3 is 5.69 Å². The maximum Gasteiger partial charge on any atom is 0.318 e. The Kier molecular flexibility index (Phi) is 7.00. The van der Waals surface area contributed by atoms with Crippen molar-refractivity contribution in [3.63, 3.8) is 0 Å². The van der Waals surface area contributed by atoms with Gasteiger partial charge in [-0.3, -0.25) is 25.2 Å². The molecule has 0 heterocycles. The summed E-state index contributed by atoms with van der Waals surface area (Å²) in [6, 6.07) is 13.6. The second-order valence-electron chi connectivity index (χ2n) is 6.26. The summed E-state index contributed by atoms with van der Waals surface area (Å²) >= 11 is 3.38. The quantitative estimate of drug-likeness (QED) is 0.216. The molecule has 0 aliphatic carbocycles. The highest BCUT2D eigenvalue weighted by atomic mass is 79.9. The zero-order valence-corrected chi connectivity index (χ0v) is 18.4. The lowest BCUT2D eigenvalue weighted by Gasteiger charge is -2.13. The van der Waals surface area contributed by atoms with Crippen molar-refractivity contribution in [2.75, 3.05) is 14.2 Å². The summed E-state index contributed by atoms with van der Waals surface area (Å²) in [4.78, 5) is 25.2. The van der Waals surface area contributed by atoms with Gasteiger partial charge in [-0.05, 0) is 64.0 Å². The molecule has 0 saturated heterocycles. The van der Waals surface area contributed by atoms with Crippen molar-refractivity contribution in [2.24, 2.45) is 4.99 Å². The first-order chi connectivity index (χ1) is 15.3. The molecule has 3 rings (SSSR count). The van der Waals surface area contributed by atoms with Gasteiger partial charge in [-0.2, -0.15) is 0 Å². The van der Waals surface area contributed by atoms with Gasteiger partial charge in [0.1, 0.15) is 5.75 Å². The summed E-state index contributed by atoms with van der Waals surface area (Å²) < 4.78 is 16.6. The Labute approximate surface area is 190 Å². The fourth-order valence-electron chi connectivity index (χ4n) is 2.69. The Hall–Kier alpha value is -3.99. The minimum absolute atomic E-state index is 0.167. The summed E-state index contributed by atoms with van der Waals surface area (Å²) in [7, 11) is 3.00. The standard InChI is InChI=1S/C21H16BrN3O7/c1-30-16-6-3-14(4-7-16)23-12-13-9-17(22)21(20(10-13)31-2)32-19-8-5-15(24(26)27)11-18(19)25(28)29/h3-12H,1-2H3. The molecule has 0 spiro atoms. The molecule has 0 radical (unpaired) electrons. The monoisotopic (exact) mass is 501 g/mol. The topological polar surface area (TPSA) is 126 Å². The predicted octanol–water partition coefficient (Wildman–Crippen LogP) is 5.83. The average molecular weight is 502 g/mol. The maximum absolute atomic E-state index is 11.4. The number of aliphatic imine (C=N–C) groups is 1. The van der Waals surface area contributed by atoms with Crippen LogP contribution in [0.15, 0.2) is 64.1 Å². The van der Waals surface area contributed by atoms with Crippen LogP contribution < -0.4 is 14.2 Å². The molecule has 3 aromatic rings. The van der Waals surface area contributed by atoms with Crippen LogP contribution in [-0.2, 0) is 0 Å². The number of hydrogen-bond donors (Lipinski definition) is 0. The Bertz CT molecular complexity index is 1200. The van der Waals surface area contributed by atoms with Crippen molar-refractivity contribution < 1.29 is 24.1 Å². The fraction of sp³-hybridized carbons (Fsp3) is 0.0952. The number of non-ortho nitro benzene ring substituents is 1. The van der Waals surface area contributed by atoms with Gasteiger partial charge in [0.25, 0.3) is 5.69 Å².